The highest BCUT2D eigenvalue weighted by Crippen LogP contribution is 2.32. The molecule has 2 heterocycles. The van der Waals surface area contributed by atoms with Crippen LogP contribution in [0.3, 0.4) is 0 Å². The van der Waals surface area contributed by atoms with Gasteiger partial charge in [-0.2, -0.15) is 5.10 Å². The van der Waals surface area contributed by atoms with Gasteiger partial charge in [0.15, 0.2) is 5.69 Å². The maximum Gasteiger partial charge on any atom is 0.274 e. The summed E-state index contributed by atoms with van der Waals surface area (Å²) in [6.45, 7) is 4.01. The average molecular weight is 415 g/mol. The molecule has 0 saturated heterocycles. The van der Waals surface area contributed by atoms with Crippen LogP contribution in [0.15, 0.2) is 29.2 Å². The molecule has 29 heavy (non-hydrogen) atoms. The lowest BCUT2D eigenvalue weighted by Gasteiger charge is -2.12. The predicted octanol–water partition coefficient (Wildman–Crippen LogP) is 3.33. The van der Waals surface area contributed by atoms with Gasteiger partial charge < -0.3 is 15.0 Å². The van der Waals surface area contributed by atoms with Crippen LogP contribution in [0.4, 0.5) is 0 Å². The largest absolute Gasteiger partial charge is 0.380 e. The molecule has 4 rings (SSSR count). The summed E-state index contributed by atoms with van der Waals surface area (Å²) in [5.41, 5.74) is 2.98. The van der Waals surface area contributed by atoms with Gasteiger partial charge >= 0.3 is 0 Å². The summed E-state index contributed by atoms with van der Waals surface area (Å²) in [5.74, 6) is 0.230. The normalized spacial score (nSPS) is 14.9. The lowest BCUT2D eigenvalue weighted by Crippen LogP contribution is -2.34. The second-order valence-corrected chi connectivity index (χ2v) is 8.02. The Bertz CT molecular complexity index is 1150. The van der Waals surface area contributed by atoms with Crippen molar-refractivity contribution in [3.8, 4) is 11.3 Å². The Morgan fingerprint density at radius 2 is 2.21 bits per heavy atom. The molecule has 2 N–H and O–H groups in total. The Labute approximate surface area is 173 Å². The molecule has 0 radical (unpaired) electrons. The van der Waals surface area contributed by atoms with E-state index < -0.39 is 0 Å². The van der Waals surface area contributed by atoms with Gasteiger partial charge in [0.1, 0.15) is 5.52 Å². The van der Waals surface area contributed by atoms with Crippen molar-refractivity contribution in [3.63, 3.8) is 0 Å². The van der Waals surface area contributed by atoms with Crippen molar-refractivity contribution in [1.29, 1.82) is 0 Å². The fourth-order valence-electron chi connectivity index (χ4n) is 3.55. The highest BCUT2D eigenvalue weighted by atomic mass is 35.5. The summed E-state index contributed by atoms with van der Waals surface area (Å²) in [5, 5.41) is 8.08. The summed E-state index contributed by atoms with van der Waals surface area (Å²) in [6.07, 6.45) is 3.96. The van der Waals surface area contributed by atoms with Crippen LogP contribution in [-0.2, 0) is 11.3 Å². The molecule has 1 atom stereocenters. The van der Waals surface area contributed by atoms with E-state index in [2.05, 4.69) is 15.4 Å². The Balaban J connectivity index is 1.79. The van der Waals surface area contributed by atoms with E-state index >= 15 is 0 Å². The molecule has 1 amide bonds. The van der Waals surface area contributed by atoms with Gasteiger partial charge in [-0.3, -0.25) is 9.59 Å². The fraction of sp³-hybridized carbons (Fsp3) is 0.381. The number of ether oxygens (including phenoxy) is 1. The topological polar surface area (TPSA) is 88.5 Å². The van der Waals surface area contributed by atoms with Crippen molar-refractivity contribution in [2.24, 2.45) is 5.92 Å². The van der Waals surface area contributed by atoms with E-state index in [4.69, 9.17) is 16.3 Å². The quantitative estimate of drug-likeness (QED) is 0.647. The molecular formula is C21H23ClN4O3. The maximum atomic E-state index is 12.9. The van der Waals surface area contributed by atoms with E-state index in [0.717, 1.165) is 24.0 Å². The van der Waals surface area contributed by atoms with E-state index in [9.17, 15) is 9.59 Å². The second kappa shape index (κ2) is 7.65. The smallest absolute Gasteiger partial charge is 0.274 e. The highest BCUT2D eigenvalue weighted by molar-refractivity contribution is 6.31. The number of nitrogens with one attached hydrogen (secondary N) is 2. The first-order valence-corrected chi connectivity index (χ1v) is 9.97. The molecule has 3 aromatic rings. The summed E-state index contributed by atoms with van der Waals surface area (Å²) < 4.78 is 6.71. The molecular weight excluding hydrogens is 392 g/mol. The molecule has 0 bridgehead atoms. The number of carbonyl (C=O) groups is 1. The average Bonchev–Trinajstić information content (AvgIpc) is 3.46. The maximum absolute atomic E-state index is 12.9. The molecule has 1 aliphatic carbocycles. The van der Waals surface area contributed by atoms with Crippen LogP contribution in [0.25, 0.3) is 16.8 Å². The first-order valence-electron chi connectivity index (χ1n) is 9.60. The number of rotatable bonds is 6. The highest BCUT2D eigenvalue weighted by Gasteiger charge is 2.31. The Hall–Kier alpha value is -2.64. The Morgan fingerprint density at radius 1 is 1.45 bits per heavy atom. The van der Waals surface area contributed by atoms with E-state index in [1.807, 2.05) is 26.0 Å². The number of halogens is 1. The van der Waals surface area contributed by atoms with Gasteiger partial charge in [-0.1, -0.05) is 17.7 Å². The number of carbonyl (C=O) groups excluding carboxylic acids is 1. The number of methoxy groups -OCH3 is 1. The van der Waals surface area contributed by atoms with Gasteiger partial charge in [0.25, 0.3) is 11.5 Å². The van der Waals surface area contributed by atoms with Gasteiger partial charge in [-0.05, 0) is 55.9 Å². The second-order valence-electron chi connectivity index (χ2n) is 7.61. The van der Waals surface area contributed by atoms with Gasteiger partial charge in [0.2, 0.25) is 0 Å². The van der Waals surface area contributed by atoms with Crippen LogP contribution in [-0.4, -0.2) is 33.7 Å². The molecule has 0 aliphatic heterocycles. The summed E-state index contributed by atoms with van der Waals surface area (Å²) >= 11 is 6.11. The van der Waals surface area contributed by atoms with E-state index in [0.29, 0.717) is 27.7 Å². The van der Waals surface area contributed by atoms with E-state index in [1.165, 1.54) is 11.6 Å². The molecule has 7 nitrogen and oxygen atoms in total. The monoisotopic (exact) mass is 414 g/mol. The lowest BCUT2D eigenvalue weighted by atomic mass is 10.1. The molecule has 1 aromatic carbocycles. The van der Waals surface area contributed by atoms with Crippen molar-refractivity contribution in [2.45, 2.75) is 39.3 Å². The van der Waals surface area contributed by atoms with Crippen LogP contribution >= 0.6 is 11.6 Å². The van der Waals surface area contributed by atoms with Crippen LogP contribution in [0.1, 0.15) is 41.4 Å². The summed E-state index contributed by atoms with van der Waals surface area (Å²) in [7, 11) is 1.52. The first kappa shape index (κ1) is 19.7. The number of fused-ring (bicyclic) bond motifs is 1. The third kappa shape index (κ3) is 3.80. The fourth-order valence-corrected chi connectivity index (χ4v) is 3.67. The zero-order chi connectivity index (χ0) is 20.7. The number of hydrogen-bond donors (Lipinski definition) is 2. The zero-order valence-corrected chi connectivity index (χ0v) is 17.3. The minimum atomic E-state index is -0.330. The van der Waals surface area contributed by atoms with Gasteiger partial charge in [-0.25, -0.2) is 4.52 Å². The Morgan fingerprint density at radius 3 is 2.86 bits per heavy atom. The standard InChI is InChI=1S/C21H23ClN4O3/c1-11-8-14(6-7-16(11)22)17-9-26-19(21(28)24-17)15(10-29-3)18(25-26)20(27)23-12(2)13-4-5-13/h6-9,12-13H,4-5,10H2,1-3H3,(H,23,27)(H,24,28)/t12-/m0/s1. The molecule has 2 aromatic heterocycles. The molecule has 1 aliphatic rings. The van der Waals surface area contributed by atoms with Gasteiger partial charge in [0.05, 0.1) is 18.5 Å². The van der Waals surface area contributed by atoms with Crippen molar-refractivity contribution in [2.75, 3.05) is 7.11 Å². The van der Waals surface area contributed by atoms with Crippen LogP contribution in [0.2, 0.25) is 5.02 Å². The third-order valence-corrected chi connectivity index (χ3v) is 5.81. The van der Waals surface area contributed by atoms with Gasteiger partial charge in [0, 0.05) is 23.7 Å². The van der Waals surface area contributed by atoms with Gasteiger partial charge in [-0.15, -0.1) is 0 Å². The third-order valence-electron chi connectivity index (χ3n) is 5.38. The number of hydrogen-bond acceptors (Lipinski definition) is 4. The van der Waals surface area contributed by atoms with E-state index in [-0.39, 0.29) is 29.8 Å². The van der Waals surface area contributed by atoms with E-state index in [1.54, 1.807) is 12.3 Å². The summed E-state index contributed by atoms with van der Waals surface area (Å²) in [4.78, 5) is 28.6. The van der Waals surface area contributed by atoms with Crippen LogP contribution < -0.4 is 10.9 Å². The molecule has 1 saturated carbocycles. The minimum Gasteiger partial charge on any atom is -0.380 e. The van der Waals surface area contributed by atoms with Crippen molar-refractivity contribution in [1.82, 2.24) is 19.9 Å². The van der Waals surface area contributed by atoms with Crippen molar-refractivity contribution >= 4 is 23.0 Å². The number of amides is 1. The SMILES string of the molecule is COCc1c(C(=O)N[C@@H](C)C2CC2)nn2cc(-c3ccc(Cl)c(C)c3)[nH]c(=O)c12. The molecule has 0 spiro atoms. The molecule has 0 unspecified atom stereocenters. The molecule has 152 valence electrons. The van der Waals surface area contributed by atoms with Crippen molar-refractivity contribution in [3.05, 3.63) is 56.6 Å². The first-order chi connectivity index (χ1) is 13.9. The number of H-pyrrole nitrogens is 1. The number of aromatic amines is 1. The number of nitrogens with zero attached hydrogens (tertiary/aromatic N) is 2. The van der Waals surface area contributed by atoms with Crippen LogP contribution in [0.5, 0.6) is 0 Å². The summed E-state index contributed by atoms with van der Waals surface area (Å²) in [6, 6.07) is 5.58. The Kier molecular flexibility index (Phi) is 5.19. The number of aryl methyl sites for hydroxylation is 1. The number of aromatic nitrogens is 3. The molecule has 1 fully saturated rings. The van der Waals surface area contributed by atoms with Crippen molar-refractivity contribution < 1.29 is 9.53 Å². The van der Waals surface area contributed by atoms with Crippen LogP contribution in [0, 0.1) is 12.8 Å². The zero-order valence-electron chi connectivity index (χ0n) is 16.6. The predicted molar refractivity (Wildman–Crippen MR) is 111 cm³/mol. The molecule has 8 heteroatoms. The number of benzene rings is 1. The lowest BCUT2D eigenvalue weighted by molar-refractivity contribution is 0.0925. The minimum absolute atomic E-state index is 0.0774.